The Morgan fingerprint density at radius 2 is 1.94 bits per heavy atom. The molecule has 0 radical (unpaired) electrons. The van der Waals surface area contributed by atoms with Crippen molar-refractivity contribution < 1.29 is 14.3 Å². The standard InChI is InChI=1S/C23H25N3O4S/c1-15-19(12-21(27)24-13-17-8-4-5-10-20(17)30-3)22(28)26-23(25-15)31-14-16-7-6-9-18(11-16)29-2/h4-11H,12-14H2,1-3H3,(H,24,27)(H,25,26,28). The lowest BCUT2D eigenvalue weighted by Crippen LogP contribution is -2.29. The number of hydrogen-bond acceptors (Lipinski definition) is 6. The van der Waals surface area contributed by atoms with Gasteiger partial charge in [0.25, 0.3) is 5.56 Å². The number of ether oxygens (including phenoxy) is 2. The van der Waals surface area contributed by atoms with Crippen molar-refractivity contribution in [3.63, 3.8) is 0 Å². The van der Waals surface area contributed by atoms with Crippen LogP contribution in [0.15, 0.2) is 58.5 Å². The third-order valence-corrected chi connectivity index (χ3v) is 5.66. The van der Waals surface area contributed by atoms with Gasteiger partial charge in [-0.05, 0) is 30.7 Å². The second-order valence-corrected chi connectivity index (χ2v) is 7.80. The number of aromatic amines is 1. The summed E-state index contributed by atoms with van der Waals surface area (Å²) in [6, 6.07) is 15.2. The largest absolute Gasteiger partial charge is 0.497 e. The Labute approximate surface area is 185 Å². The van der Waals surface area contributed by atoms with Crippen LogP contribution in [0.3, 0.4) is 0 Å². The lowest BCUT2D eigenvalue weighted by molar-refractivity contribution is -0.120. The molecule has 2 N–H and O–H groups in total. The number of nitrogens with one attached hydrogen (secondary N) is 2. The summed E-state index contributed by atoms with van der Waals surface area (Å²) in [6.45, 7) is 2.06. The summed E-state index contributed by atoms with van der Waals surface area (Å²) in [4.78, 5) is 32.2. The highest BCUT2D eigenvalue weighted by molar-refractivity contribution is 7.98. The number of carbonyl (C=O) groups excluding carboxylic acids is 1. The lowest BCUT2D eigenvalue weighted by atomic mass is 10.1. The van der Waals surface area contributed by atoms with Crippen molar-refractivity contribution >= 4 is 17.7 Å². The molecule has 0 atom stereocenters. The summed E-state index contributed by atoms with van der Waals surface area (Å²) < 4.78 is 10.5. The van der Waals surface area contributed by atoms with Crippen LogP contribution in [0.1, 0.15) is 22.4 Å². The van der Waals surface area contributed by atoms with E-state index in [1.54, 1.807) is 21.1 Å². The third-order valence-electron chi connectivity index (χ3n) is 4.72. The molecule has 1 amide bonds. The zero-order chi connectivity index (χ0) is 22.2. The number of aromatic nitrogens is 2. The smallest absolute Gasteiger partial charge is 0.255 e. The Morgan fingerprint density at radius 1 is 1.13 bits per heavy atom. The van der Waals surface area contributed by atoms with Gasteiger partial charge in [-0.2, -0.15) is 0 Å². The van der Waals surface area contributed by atoms with Gasteiger partial charge in [-0.3, -0.25) is 9.59 Å². The average Bonchev–Trinajstić information content (AvgIpc) is 2.79. The second kappa shape index (κ2) is 10.7. The van der Waals surface area contributed by atoms with E-state index in [1.807, 2.05) is 48.5 Å². The molecule has 3 aromatic rings. The number of hydrogen-bond donors (Lipinski definition) is 2. The fourth-order valence-corrected chi connectivity index (χ4v) is 3.89. The molecule has 1 aromatic heterocycles. The predicted molar refractivity (Wildman–Crippen MR) is 121 cm³/mol. The molecule has 2 aromatic carbocycles. The molecule has 8 heteroatoms. The number of nitrogens with zero attached hydrogens (tertiary/aromatic N) is 1. The van der Waals surface area contributed by atoms with Crippen molar-refractivity contribution in [3.8, 4) is 11.5 Å². The number of H-pyrrole nitrogens is 1. The molecule has 1 heterocycles. The maximum absolute atomic E-state index is 12.6. The molecule has 7 nitrogen and oxygen atoms in total. The Balaban J connectivity index is 1.62. The lowest BCUT2D eigenvalue weighted by Gasteiger charge is -2.10. The van der Waals surface area contributed by atoms with Crippen LogP contribution >= 0.6 is 11.8 Å². The number of amides is 1. The summed E-state index contributed by atoms with van der Waals surface area (Å²) >= 11 is 1.42. The van der Waals surface area contributed by atoms with E-state index < -0.39 is 0 Å². The summed E-state index contributed by atoms with van der Waals surface area (Å²) in [5.74, 6) is 1.87. The molecule has 0 saturated carbocycles. The van der Waals surface area contributed by atoms with Gasteiger partial charge in [0, 0.05) is 29.1 Å². The molecule has 3 rings (SSSR count). The number of benzene rings is 2. The van der Waals surface area contributed by atoms with Crippen LogP contribution in [0.5, 0.6) is 11.5 Å². The van der Waals surface area contributed by atoms with E-state index >= 15 is 0 Å². The Morgan fingerprint density at radius 3 is 2.68 bits per heavy atom. The van der Waals surface area contributed by atoms with Gasteiger partial charge in [-0.1, -0.05) is 42.1 Å². The molecule has 0 fully saturated rings. The minimum Gasteiger partial charge on any atom is -0.497 e. The highest BCUT2D eigenvalue weighted by atomic mass is 32.2. The van der Waals surface area contributed by atoms with Crippen molar-refractivity contribution in [1.82, 2.24) is 15.3 Å². The van der Waals surface area contributed by atoms with Gasteiger partial charge in [0.1, 0.15) is 11.5 Å². The fraction of sp³-hybridized carbons (Fsp3) is 0.261. The van der Waals surface area contributed by atoms with Crippen molar-refractivity contribution in [1.29, 1.82) is 0 Å². The minimum absolute atomic E-state index is 0.0376. The van der Waals surface area contributed by atoms with Gasteiger partial charge in [-0.15, -0.1) is 0 Å². The first-order valence-corrected chi connectivity index (χ1v) is 10.7. The fourth-order valence-electron chi connectivity index (χ4n) is 3.04. The first kappa shape index (κ1) is 22.4. The maximum Gasteiger partial charge on any atom is 0.255 e. The summed E-state index contributed by atoms with van der Waals surface area (Å²) in [6.07, 6.45) is -0.0376. The Hall–Kier alpha value is -3.26. The average molecular weight is 440 g/mol. The topological polar surface area (TPSA) is 93.3 Å². The highest BCUT2D eigenvalue weighted by Gasteiger charge is 2.14. The van der Waals surface area contributed by atoms with E-state index in [0.29, 0.717) is 34.5 Å². The SMILES string of the molecule is COc1cccc(CSc2nc(C)c(CC(=O)NCc3ccccc3OC)c(=O)[nH]2)c1. The van der Waals surface area contributed by atoms with E-state index in [4.69, 9.17) is 9.47 Å². The molecular formula is C23H25N3O4S. The number of aryl methyl sites for hydroxylation is 1. The Bertz CT molecular complexity index is 1110. The first-order chi connectivity index (χ1) is 15.0. The third kappa shape index (κ3) is 6.11. The molecule has 0 aliphatic heterocycles. The van der Waals surface area contributed by atoms with Crippen LogP contribution in [0.25, 0.3) is 0 Å². The van der Waals surface area contributed by atoms with E-state index in [-0.39, 0.29) is 17.9 Å². The summed E-state index contributed by atoms with van der Waals surface area (Å²) in [7, 11) is 3.21. The van der Waals surface area contributed by atoms with Gasteiger partial charge >= 0.3 is 0 Å². The molecule has 0 unspecified atom stereocenters. The molecule has 162 valence electrons. The van der Waals surface area contributed by atoms with Crippen molar-refractivity contribution in [3.05, 3.63) is 81.3 Å². The molecule has 31 heavy (non-hydrogen) atoms. The molecule has 0 bridgehead atoms. The first-order valence-electron chi connectivity index (χ1n) is 9.74. The van der Waals surface area contributed by atoms with E-state index in [9.17, 15) is 9.59 Å². The number of carbonyl (C=O) groups is 1. The van der Waals surface area contributed by atoms with Gasteiger partial charge < -0.3 is 19.8 Å². The van der Waals surface area contributed by atoms with Gasteiger partial charge in [0.15, 0.2) is 5.16 Å². The number of para-hydroxylation sites is 1. The molecular weight excluding hydrogens is 414 g/mol. The monoisotopic (exact) mass is 439 g/mol. The minimum atomic E-state index is -0.298. The second-order valence-electron chi connectivity index (χ2n) is 6.84. The van der Waals surface area contributed by atoms with E-state index in [0.717, 1.165) is 16.9 Å². The Kier molecular flexibility index (Phi) is 7.72. The quantitative estimate of drug-likeness (QED) is 0.393. The maximum atomic E-state index is 12.6. The van der Waals surface area contributed by atoms with Gasteiger partial charge in [0.05, 0.1) is 20.6 Å². The van der Waals surface area contributed by atoms with Gasteiger partial charge in [0.2, 0.25) is 5.91 Å². The van der Waals surface area contributed by atoms with Gasteiger partial charge in [-0.25, -0.2) is 4.98 Å². The summed E-state index contributed by atoms with van der Waals surface area (Å²) in [5.41, 5.74) is 2.54. The van der Waals surface area contributed by atoms with Crippen LogP contribution in [-0.2, 0) is 23.5 Å². The van der Waals surface area contributed by atoms with E-state index in [2.05, 4.69) is 15.3 Å². The van der Waals surface area contributed by atoms with Crippen LogP contribution in [0.4, 0.5) is 0 Å². The van der Waals surface area contributed by atoms with Crippen molar-refractivity contribution in [2.24, 2.45) is 0 Å². The normalized spacial score (nSPS) is 10.5. The molecule has 0 saturated heterocycles. The number of methoxy groups -OCH3 is 2. The van der Waals surface area contributed by atoms with E-state index in [1.165, 1.54) is 11.8 Å². The number of rotatable bonds is 9. The molecule has 0 spiro atoms. The number of thioether (sulfide) groups is 1. The molecule has 0 aliphatic carbocycles. The highest BCUT2D eigenvalue weighted by Crippen LogP contribution is 2.22. The van der Waals surface area contributed by atoms with Crippen molar-refractivity contribution in [2.75, 3.05) is 14.2 Å². The van der Waals surface area contributed by atoms with Crippen LogP contribution in [0.2, 0.25) is 0 Å². The zero-order valence-corrected chi connectivity index (χ0v) is 18.5. The zero-order valence-electron chi connectivity index (χ0n) is 17.7. The van der Waals surface area contributed by atoms with Crippen molar-refractivity contribution in [2.45, 2.75) is 30.8 Å². The van der Waals surface area contributed by atoms with Crippen LogP contribution in [0, 0.1) is 6.92 Å². The van der Waals surface area contributed by atoms with Crippen LogP contribution in [-0.4, -0.2) is 30.1 Å². The predicted octanol–water partition coefficient (Wildman–Crippen LogP) is 3.25. The molecule has 0 aliphatic rings. The summed E-state index contributed by atoms with van der Waals surface area (Å²) in [5, 5.41) is 3.35. The van der Waals surface area contributed by atoms with Crippen LogP contribution < -0.4 is 20.3 Å².